The van der Waals surface area contributed by atoms with Crippen molar-refractivity contribution in [3.8, 4) is 5.75 Å². The molecule has 1 rings (SSSR count). The third-order valence-electron chi connectivity index (χ3n) is 4.41. The fraction of sp³-hybridized carbons (Fsp3) is 0.588. The highest BCUT2D eigenvalue weighted by Gasteiger charge is 2.42. The smallest absolute Gasteiger partial charge is 0.325 e. The molecule has 0 bridgehead atoms. The van der Waals surface area contributed by atoms with Crippen LogP contribution in [-0.4, -0.2) is 32.0 Å². The normalized spacial score (nSPS) is 15.0. The van der Waals surface area contributed by atoms with E-state index in [1.54, 1.807) is 19.1 Å². The van der Waals surface area contributed by atoms with E-state index in [0.717, 1.165) is 0 Å². The number of carbonyl (C=O) groups is 1. The Morgan fingerprint density at radius 1 is 1.38 bits per heavy atom. The van der Waals surface area contributed by atoms with E-state index in [2.05, 4.69) is 33.9 Å². The Bertz CT molecular complexity index is 586. The zero-order valence-electron chi connectivity index (χ0n) is 15.2. The Balaban J connectivity index is 3.25. The van der Waals surface area contributed by atoms with Crippen molar-refractivity contribution >= 4 is 25.9 Å². The van der Waals surface area contributed by atoms with Gasteiger partial charge in [0.2, 0.25) is 0 Å². The van der Waals surface area contributed by atoms with Gasteiger partial charge >= 0.3 is 5.97 Å². The molecule has 24 heavy (non-hydrogen) atoms. The van der Waals surface area contributed by atoms with Gasteiger partial charge in [-0.25, -0.2) is 0 Å². The topological polar surface area (TPSA) is 81.8 Å². The van der Waals surface area contributed by atoms with Crippen LogP contribution in [0.2, 0.25) is 23.2 Å². The van der Waals surface area contributed by atoms with E-state index in [1.807, 2.05) is 0 Å². The van der Waals surface area contributed by atoms with E-state index >= 15 is 0 Å². The molecule has 0 saturated heterocycles. The van der Waals surface area contributed by atoms with Gasteiger partial charge in [0.1, 0.15) is 11.8 Å². The van der Waals surface area contributed by atoms with Gasteiger partial charge in [0.15, 0.2) is 8.32 Å². The van der Waals surface area contributed by atoms with Crippen LogP contribution in [0.25, 0.3) is 0 Å². The highest BCUT2D eigenvalue weighted by molar-refractivity contribution is 6.74. The van der Waals surface area contributed by atoms with Crippen molar-refractivity contribution < 1.29 is 19.1 Å². The third kappa shape index (κ3) is 4.96. The summed E-state index contributed by atoms with van der Waals surface area (Å²) in [6, 6.07) is 3.74. The largest absolute Gasteiger partial charge is 0.506 e. The number of rotatable bonds is 6. The maximum atomic E-state index is 12.2. The number of benzene rings is 1. The first kappa shape index (κ1) is 21.0. The highest BCUT2D eigenvalue weighted by Crippen LogP contribution is 2.41. The average molecular weight is 374 g/mol. The van der Waals surface area contributed by atoms with E-state index in [4.69, 9.17) is 26.5 Å². The van der Waals surface area contributed by atoms with E-state index < -0.39 is 26.4 Å². The fourth-order valence-corrected chi connectivity index (χ4v) is 3.37. The summed E-state index contributed by atoms with van der Waals surface area (Å²) in [5.74, 6) is -0.554. The maximum Gasteiger partial charge on any atom is 0.325 e. The molecular weight excluding hydrogens is 346 g/mol. The third-order valence-corrected chi connectivity index (χ3v) is 9.17. The first-order valence-electron chi connectivity index (χ1n) is 7.99. The molecule has 0 unspecified atom stereocenters. The average Bonchev–Trinajstić information content (AvgIpc) is 2.46. The van der Waals surface area contributed by atoms with Crippen LogP contribution >= 0.6 is 11.6 Å². The first-order chi connectivity index (χ1) is 10.9. The molecule has 2 atom stereocenters. The molecule has 0 fully saturated rings. The molecule has 7 heteroatoms. The number of hydrogen-bond acceptors (Lipinski definition) is 5. The molecule has 0 saturated carbocycles. The lowest BCUT2D eigenvalue weighted by Crippen LogP contribution is -2.48. The summed E-state index contributed by atoms with van der Waals surface area (Å²) in [5, 5.41) is 9.76. The summed E-state index contributed by atoms with van der Waals surface area (Å²) in [5.41, 5.74) is 6.78. The maximum absolute atomic E-state index is 12.2. The number of carbonyl (C=O) groups excluding carboxylic acids is 1. The van der Waals surface area contributed by atoms with Crippen molar-refractivity contribution in [3.63, 3.8) is 0 Å². The Morgan fingerprint density at radius 3 is 2.42 bits per heavy atom. The monoisotopic (exact) mass is 373 g/mol. The molecule has 1 aromatic carbocycles. The zero-order chi connectivity index (χ0) is 18.7. The van der Waals surface area contributed by atoms with E-state index in [9.17, 15) is 9.90 Å². The summed E-state index contributed by atoms with van der Waals surface area (Å²) in [6.07, 6.45) is -0.692. The van der Waals surface area contributed by atoms with Crippen LogP contribution in [0.4, 0.5) is 0 Å². The number of aromatic hydroxyl groups is 1. The summed E-state index contributed by atoms with van der Waals surface area (Å²) in [6.45, 7) is 12.5. The molecule has 0 aliphatic carbocycles. The molecule has 0 radical (unpaired) electrons. The minimum atomic E-state index is -2.21. The Morgan fingerprint density at radius 2 is 1.96 bits per heavy atom. The van der Waals surface area contributed by atoms with Gasteiger partial charge in [0.05, 0.1) is 17.7 Å². The first-order valence-corrected chi connectivity index (χ1v) is 11.3. The van der Waals surface area contributed by atoms with Crippen molar-refractivity contribution in [2.45, 2.75) is 58.0 Å². The van der Waals surface area contributed by atoms with Crippen molar-refractivity contribution in [3.05, 3.63) is 28.8 Å². The van der Waals surface area contributed by atoms with E-state index in [-0.39, 0.29) is 22.4 Å². The Hall–Kier alpha value is -1.08. The van der Waals surface area contributed by atoms with Gasteiger partial charge in [-0.15, -0.1) is 0 Å². The van der Waals surface area contributed by atoms with Gasteiger partial charge in [-0.05, 0) is 42.8 Å². The van der Waals surface area contributed by atoms with Crippen molar-refractivity contribution in [1.82, 2.24) is 0 Å². The molecule has 0 aliphatic heterocycles. The van der Waals surface area contributed by atoms with E-state index in [1.165, 1.54) is 6.07 Å². The number of nitrogens with two attached hydrogens (primary N) is 1. The molecule has 3 N–H and O–H groups in total. The van der Waals surface area contributed by atoms with Crippen LogP contribution in [0.3, 0.4) is 0 Å². The predicted octanol–water partition coefficient (Wildman–Crippen LogP) is 4.00. The van der Waals surface area contributed by atoms with Crippen LogP contribution in [0.15, 0.2) is 18.2 Å². The highest BCUT2D eigenvalue weighted by atomic mass is 35.5. The van der Waals surface area contributed by atoms with Crippen LogP contribution in [-0.2, 0) is 14.0 Å². The van der Waals surface area contributed by atoms with Gasteiger partial charge < -0.3 is 20.0 Å². The Labute approximate surface area is 150 Å². The number of esters is 1. The van der Waals surface area contributed by atoms with Gasteiger partial charge in [-0.2, -0.15) is 0 Å². The second-order valence-electron chi connectivity index (χ2n) is 7.29. The molecular formula is C17H28ClNO4Si. The zero-order valence-corrected chi connectivity index (χ0v) is 17.0. The molecule has 0 amide bonds. The summed E-state index contributed by atoms with van der Waals surface area (Å²) < 4.78 is 11.4. The molecule has 136 valence electrons. The molecule has 1 aromatic rings. The molecule has 0 aliphatic rings. The van der Waals surface area contributed by atoms with Gasteiger partial charge in [-0.1, -0.05) is 38.4 Å². The van der Waals surface area contributed by atoms with Crippen LogP contribution in [0, 0.1) is 0 Å². The van der Waals surface area contributed by atoms with Crippen molar-refractivity contribution in [2.24, 2.45) is 5.73 Å². The van der Waals surface area contributed by atoms with Crippen LogP contribution in [0.1, 0.15) is 39.4 Å². The summed E-state index contributed by atoms with van der Waals surface area (Å²) in [7, 11) is -2.21. The summed E-state index contributed by atoms with van der Waals surface area (Å²) in [4.78, 5) is 12.2. The second kappa shape index (κ2) is 7.87. The molecule has 0 heterocycles. The lowest BCUT2D eigenvalue weighted by Gasteiger charge is -2.40. The SMILES string of the molecule is CCOC(=O)[C@@H](N)[C@H](O[Si](C)(C)C(C)(C)C)c1ccc(O)c(Cl)c1. The lowest BCUT2D eigenvalue weighted by atomic mass is 10.0. The predicted molar refractivity (Wildman–Crippen MR) is 98.7 cm³/mol. The van der Waals surface area contributed by atoms with Crippen LogP contribution in [0.5, 0.6) is 5.75 Å². The standard InChI is InChI=1S/C17H28ClNO4Si/c1-7-22-16(21)14(19)15(23-24(5,6)17(2,3)4)11-8-9-13(20)12(18)10-11/h8-10,14-15,20H,7,19H2,1-6H3/t14-,15+/m0/s1. The van der Waals surface area contributed by atoms with E-state index in [0.29, 0.717) is 5.56 Å². The van der Waals surface area contributed by atoms with Crippen molar-refractivity contribution in [2.75, 3.05) is 6.61 Å². The van der Waals surface area contributed by atoms with Gasteiger partial charge in [-0.3, -0.25) is 4.79 Å². The number of phenolic OH excluding ortho intramolecular Hbond substituents is 1. The summed E-state index contributed by atoms with van der Waals surface area (Å²) >= 11 is 6.01. The van der Waals surface area contributed by atoms with Crippen molar-refractivity contribution in [1.29, 1.82) is 0 Å². The molecule has 0 spiro atoms. The number of ether oxygens (including phenoxy) is 1. The second-order valence-corrected chi connectivity index (χ2v) is 12.5. The fourth-order valence-electron chi connectivity index (χ4n) is 1.91. The van der Waals surface area contributed by atoms with Gasteiger partial charge in [0, 0.05) is 0 Å². The number of hydrogen-bond donors (Lipinski definition) is 2. The van der Waals surface area contributed by atoms with Gasteiger partial charge in [0.25, 0.3) is 0 Å². The quantitative estimate of drug-likeness (QED) is 0.581. The van der Waals surface area contributed by atoms with Crippen LogP contribution < -0.4 is 5.73 Å². The Kier molecular flexibility index (Phi) is 6.87. The number of halogens is 1. The minimum Gasteiger partial charge on any atom is -0.506 e. The lowest BCUT2D eigenvalue weighted by molar-refractivity contribution is -0.147. The minimum absolute atomic E-state index is 0.0313. The number of phenols is 1. The molecule has 0 aromatic heterocycles. The molecule has 5 nitrogen and oxygen atoms in total.